The van der Waals surface area contributed by atoms with Gasteiger partial charge in [0, 0.05) is 45.6 Å². The number of nitrogens with one attached hydrogen (secondary N) is 2. The molecule has 2 N–H and O–H groups in total. The number of hydrogen-bond acceptors (Lipinski definition) is 4. The fourth-order valence-electron chi connectivity index (χ4n) is 2.35. The quantitative estimate of drug-likeness (QED) is 0.381. The van der Waals surface area contributed by atoms with Gasteiger partial charge in [0.15, 0.2) is 5.96 Å². The van der Waals surface area contributed by atoms with Crippen molar-refractivity contribution in [3.8, 4) is 0 Å². The average Bonchev–Trinajstić information content (AvgIpc) is 2.65. The molecule has 0 bridgehead atoms. The van der Waals surface area contributed by atoms with E-state index in [0.717, 1.165) is 0 Å². The number of rotatable bonds is 9. The Morgan fingerprint density at radius 3 is 2.50 bits per heavy atom. The van der Waals surface area contributed by atoms with Crippen molar-refractivity contribution in [2.24, 2.45) is 4.99 Å². The van der Waals surface area contributed by atoms with Crippen LogP contribution in [0.2, 0.25) is 0 Å². The van der Waals surface area contributed by atoms with E-state index in [1.807, 2.05) is 27.8 Å². The zero-order chi connectivity index (χ0) is 19.4. The van der Waals surface area contributed by atoms with Crippen LogP contribution in [0.3, 0.4) is 0 Å². The Hall–Kier alpha value is -2.64. The molecule has 0 unspecified atom stereocenters. The smallest absolute Gasteiger partial charge is 0.252 e. The first-order valence-electron chi connectivity index (χ1n) is 8.98. The zero-order valence-corrected chi connectivity index (χ0v) is 16.2. The Labute approximate surface area is 155 Å². The van der Waals surface area contributed by atoms with Crippen LogP contribution in [0.4, 0.5) is 0 Å². The van der Waals surface area contributed by atoms with E-state index in [1.165, 1.54) is 6.20 Å². The number of aromatic nitrogens is 1. The fourth-order valence-corrected chi connectivity index (χ4v) is 2.35. The molecular weight excluding hydrogens is 332 g/mol. The van der Waals surface area contributed by atoms with Gasteiger partial charge >= 0.3 is 0 Å². The number of pyridine rings is 1. The maximum atomic E-state index is 12.2. The summed E-state index contributed by atoms with van der Waals surface area (Å²) >= 11 is 0. The van der Waals surface area contributed by atoms with Gasteiger partial charge in [0.1, 0.15) is 0 Å². The number of hydrogen-bond donors (Lipinski definition) is 2. The molecule has 8 heteroatoms. The monoisotopic (exact) mass is 362 g/mol. The van der Waals surface area contributed by atoms with E-state index in [4.69, 9.17) is 0 Å². The molecule has 1 aromatic rings. The number of nitrogens with zero attached hydrogens (tertiary/aromatic N) is 4. The first-order valence-corrected chi connectivity index (χ1v) is 8.98. The van der Waals surface area contributed by atoms with Crippen molar-refractivity contribution in [3.63, 3.8) is 0 Å². The molecule has 1 heterocycles. The first kappa shape index (κ1) is 21.4. The second-order valence-electron chi connectivity index (χ2n) is 5.66. The third-order valence-corrected chi connectivity index (χ3v) is 3.77. The van der Waals surface area contributed by atoms with Crippen molar-refractivity contribution in [2.75, 3.05) is 46.3 Å². The van der Waals surface area contributed by atoms with Gasteiger partial charge in [-0.3, -0.25) is 19.6 Å². The van der Waals surface area contributed by atoms with Gasteiger partial charge in [0.25, 0.3) is 5.91 Å². The molecule has 0 aromatic carbocycles. The summed E-state index contributed by atoms with van der Waals surface area (Å²) in [6.45, 7) is 9.06. The summed E-state index contributed by atoms with van der Waals surface area (Å²) in [4.78, 5) is 36.2. The molecule has 2 amide bonds. The van der Waals surface area contributed by atoms with Crippen LogP contribution in [0.5, 0.6) is 0 Å². The highest BCUT2D eigenvalue weighted by molar-refractivity contribution is 5.93. The largest absolute Gasteiger partial charge is 0.357 e. The second-order valence-corrected chi connectivity index (χ2v) is 5.66. The maximum absolute atomic E-state index is 12.2. The van der Waals surface area contributed by atoms with Gasteiger partial charge in [-0.05, 0) is 32.9 Å². The molecule has 0 saturated carbocycles. The van der Waals surface area contributed by atoms with Crippen molar-refractivity contribution in [3.05, 3.63) is 30.1 Å². The minimum Gasteiger partial charge on any atom is -0.357 e. The normalized spacial score (nSPS) is 11.0. The van der Waals surface area contributed by atoms with Crippen LogP contribution >= 0.6 is 0 Å². The Kier molecular flexibility index (Phi) is 9.74. The number of aliphatic imine (C=N–C) groups is 1. The third kappa shape index (κ3) is 7.08. The van der Waals surface area contributed by atoms with Crippen LogP contribution < -0.4 is 10.6 Å². The van der Waals surface area contributed by atoms with Crippen LogP contribution in [-0.4, -0.2) is 78.9 Å². The van der Waals surface area contributed by atoms with Crippen LogP contribution in [0.15, 0.2) is 29.5 Å². The van der Waals surface area contributed by atoms with Gasteiger partial charge in [0.2, 0.25) is 5.91 Å². The SMILES string of the molecule is CCNC(=NCCNC(=O)c1cccnc1)N(C)CC(=O)N(CC)CC. The van der Waals surface area contributed by atoms with Gasteiger partial charge in [-0.25, -0.2) is 0 Å². The van der Waals surface area contributed by atoms with Crippen molar-refractivity contribution in [1.82, 2.24) is 25.4 Å². The molecular formula is C18H30N6O2. The number of guanidine groups is 1. The summed E-state index contributed by atoms with van der Waals surface area (Å²) in [5, 5.41) is 5.97. The molecule has 1 aromatic heterocycles. The van der Waals surface area contributed by atoms with Gasteiger partial charge < -0.3 is 20.4 Å². The predicted octanol–water partition coefficient (Wildman–Crippen LogP) is 0.577. The molecule has 0 aliphatic rings. The lowest BCUT2D eigenvalue weighted by Gasteiger charge is -2.25. The Morgan fingerprint density at radius 2 is 1.92 bits per heavy atom. The molecule has 0 saturated heterocycles. The highest BCUT2D eigenvalue weighted by Gasteiger charge is 2.14. The van der Waals surface area contributed by atoms with E-state index in [-0.39, 0.29) is 18.4 Å². The number of carbonyl (C=O) groups excluding carboxylic acids is 2. The van der Waals surface area contributed by atoms with Gasteiger partial charge in [-0.2, -0.15) is 0 Å². The van der Waals surface area contributed by atoms with Gasteiger partial charge in [-0.15, -0.1) is 0 Å². The van der Waals surface area contributed by atoms with Crippen LogP contribution in [0.1, 0.15) is 31.1 Å². The summed E-state index contributed by atoms with van der Waals surface area (Å²) in [5.74, 6) is 0.528. The second kappa shape index (κ2) is 11.8. The average molecular weight is 362 g/mol. The summed E-state index contributed by atoms with van der Waals surface area (Å²) in [7, 11) is 1.83. The van der Waals surface area contributed by atoms with Crippen LogP contribution in [0, 0.1) is 0 Å². The van der Waals surface area contributed by atoms with Gasteiger partial charge in [0.05, 0.1) is 18.7 Å². The fraction of sp³-hybridized carbons (Fsp3) is 0.556. The van der Waals surface area contributed by atoms with Crippen molar-refractivity contribution >= 4 is 17.8 Å². The maximum Gasteiger partial charge on any atom is 0.252 e. The summed E-state index contributed by atoms with van der Waals surface area (Å²) in [6.07, 6.45) is 3.15. The van der Waals surface area contributed by atoms with E-state index >= 15 is 0 Å². The molecule has 8 nitrogen and oxygen atoms in total. The number of amides is 2. The highest BCUT2D eigenvalue weighted by Crippen LogP contribution is 1.95. The minimum absolute atomic E-state index is 0.0629. The first-order chi connectivity index (χ1) is 12.5. The van der Waals surface area contributed by atoms with E-state index in [0.29, 0.717) is 44.2 Å². The van der Waals surface area contributed by atoms with Crippen molar-refractivity contribution in [2.45, 2.75) is 20.8 Å². The highest BCUT2D eigenvalue weighted by atomic mass is 16.2. The lowest BCUT2D eigenvalue weighted by atomic mass is 10.3. The standard InChI is InChI=1S/C18H30N6O2/c1-5-20-18(23(4)14-16(25)24(6-2)7-3)22-12-11-21-17(26)15-9-8-10-19-13-15/h8-10,13H,5-7,11-12,14H2,1-4H3,(H,20,22)(H,21,26). The lowest BCUT2D eigenvalue weighted by Crippen LogP contribution is -2.46. The molecule has 0 aliphatic carbocycles. The molecule has 0 radical (unpaired) electrons. The van der Waals surface area contributed by atoms with E-state index in [2.05, 4.69) is 20.6 Å². The lowest BCUT2D eigenvalue weighted by molar-refractivity contribution is -0.131. The minimum atomic E-state index is -0.177. The molecule has 0 fully saturated rings. The predicted molar refractivity (Wildman–Crippen MR) is 103 cm³/mol. The molecule has 1 rings (SSSR count). The van der Waals surface area contributed by atoms with Gasteiger partial charge in [-0.1, -0.05) is 0 Å². The molecule has 144 valence electrons. The zero-order valence-electron chi connectivity index (χ0n) is 16.2. The van der Waals surface area contributed by atoms with E-state index < -0.39 is 0 Å². The third-order valence-electron chi connectivity index (χ3n) is 3.77. The molecule has 0 spiro atoms. The Balaban J connectivity index is 2.54. The van der Waals surface area contributed by atoms with Crippen molar-refractivity contribution < 1.29 is 9.59 Å². The molecule has 26 heavy (non-hydrogen) atoms. The molecule has 0 atom stereocenters. The Morgan fingerprint density at radius 1 is 1.19 bits per heavy atom. The van der Waals surface area contributed by atoms with Crippen LogP contribution in [0.25, 0.3) is 0 Å². The Bertz CT molecular complexity index is 587. The van der Waals surface area contributed by atoms with E-state index in [9.17, 15) is 9.59 Å². The number of likely N-dealkylation sites (N-methyl/N-ethyl adjacent to an activating group) is 2. The summed E-state index contributed by atoms with van der Waals surface area (Å²) < 4.78 is 0. The van der Waals surface area contributed by atoms with E-state index in [1.54, 1.807) is 28.1 Å². The molecule has 0 aliphatic heterocycles. The van der Waals surface area contributed by atoms with Crippen LogP contribution in [-0.2, 0) is 4.79 Å². The summed E-state index contributed by atoms with van der Waals surface area (Å²) in [6, 6.07) is 3.43. The van der Waals surface area contributed by atoms with Crippen molar-refractivity contribution in [1.29, 1.82) is 0 Å². The topological polar surface area (TPSA) is 89.9 Å². The number of carbonyl (C=O) groups is 2. The summed E-state index contributed by atoms with van der Waals surface area (Å²) in [5.41, 5.74) is 0.519.